The van der Waals surface area contributed by atoms with E-state index < -0.39 is 5.41 Å². The molecule has 2 aliphatic rings. The first kappa shape index (κ1) is 47.1. The van der Waals surface area contributed by atoms with E-state index in [0.29, 0.717) is 30.3 Å². The molecular formula is C41H70N8O2. The van der Waals surface area contributed by atoms with E-state index in [0.717, 1.165) is 62.6 Å². The van der Waals surface area contributed by atoms with Gasteiger partial charge in [-0.3, -0.25) is 9.69 Å². The van der Waals surface area contributed by atoms with Crippen LogP contribution < -0.4 is 27.5 Å². The Morgan fingerprint density at radius 2 is 1.86 bits per heavy atom. The van der Waals surface area contributed by atoms with Crippen molar-refractivity contribution >= 4 is 18.0 Å². The van der Waals surface area contributed by atoms with Gasteiger partial charge in [-0.25, -0.2) is 0 Å². The molecule has 1 amide bonds. The van der Waals surface area contributed by atoms with Gasteiger partial charge in [-0.15, -0.1) is 6.58 Å². The number of rotatable bonds is 14. The number of likely N-dealkylation sites (tertiary alicyclic amines) is 1. The standard InChI is InChI=1S/C28H45N5O2.C6H10N2.C4H9N.C3H6/c1-7-19(5)15-24-20(6)9-10-21-16-22(26(35)31-8-2)11-12-23(21)28(24,27(29)33-30)17-25(18(3)4)32-13-14-34;1-8-4-2-3-6(8)5-7;1-3-5-4-2;1-3-2/h11-12,14,16,18-19,25,32H,7-10,13,15,17,30H2,1-6H3,(H2,29,33)(H,31,35);6H,2-4H2,1H3;3,5H,1,4H2,2H3;3H,1H2,2H3. The maximum Gasteiger partial charge on any atom is 0.251 e. The number of aryl methyl sites for hydroxylation is 1. The van der Waals surface area contributed by atoms with E-state index in [2.05, 4.69) is 79.8 Å². The van der Waals surface area contributed by atoms with E-state index in [4.69, 9.17) is 16.8 Å². The van der Waals surface area contributed by atoms with E-state index >= 15 is 0 Å². The largest absolute Gasteiger partial charge is 0.392 e. The number of benzene rings is 1. The van der Waals surface area contributed by atoms with Crippen molar-refractivity contribution in [3.05, 3.63) is 71.5 Å². The third-order valence-electron chi connectivity index (χ3n) is 9.60. The predicted octanol–water partition coefficient (Wildman–Crippen LogP) is 6.34. The Kier molecular flexibility index (Phi) is 23.9. The molecule has 10 heteroatoms. The number of nitrogens with one attached hydrogen (secondary N) is 3. The second-order valence-electron chi connectivity index (χ2n) is 13.7. The van der Waals surface area contributed by atoms with Crippen molar-refractivity contribution in [3.8, 4) is 6.07 Å². The normalized spacial score (nSPS) is 19.5. The molecule has 3 rings (SSSR count). The fourth-order valence-corrected chi connectivity index (χ4v) is 6.49. The van der Waals surface area contributed by atoms with Crippen LogP contribution in [0.4, 0.5) is 0 Å². The fraction of sp³-hybridized carbons (Fsp3) is 0.610. The van der Waals surface area contributed by atoms with Gasteiger partial charge in [0.1, 0.15) is 12.1 Å². The highest BCUT2D eigenvalue weighted by molar-refractivity contribution is 5.97. The first-order chi connectivity index (χ1) is 24.3. The van der Waals surface area contributed by atoms with Crippen molar-refractivity contribution < 1.29 is 9.59 Å². The van der Waals surface area contributed by atoms with E-state index in [1.807, 2.05) is 46.0 Å². The van der Waals surface area contributed by atoms with Crippen molar-refractivity contribution in [2.75, 3.05) is 33.2 Å². The minimum atomic E-state index is -0.724. The Hall–Kier alpha value is -3.94. The molecule has 1 aliphatic carbocycles. The van der Waals surface area contributed by atoms with Crippen molar-refractivity contribution in [3.63, 3.8) is 0 Å². The first-order valence-electron chi connectivity index (χ1n) is 18.7. The van der Waals surface area contributed by atoms with Crippen LogP contribution >= 0.6 is 0 Å². The van der Waals surface area contributed by atoms with Gasteiger partial charge >= 0.3 is 0 Å². The average molecular weight is 707 g/mol. The summed E-state index contributed by atoms with van der Waals surface area (Å²) in [7, 11) is 2.00. The summed E-state index contributed by atoms with van der Waals surface area (Å²) in [6, 6.07) is 8.38. The van der Waals surface area contributed by atoms with Gasteiger partial charge in [0.15, 0.2) is 0 Å². The lowest BCUT2D eigenvalue weighted by atomic mass is 9.64. The molecule has 0 radical (unpaired) electrons. The molecule has 4 unspecified atom stereocenters. The van der Waals surface area contributed by atoms with E-state index in [1.54, 1.807) is 12.3 Å². The number of fused-ring (bicyclic) bond motifs is 1. The molecular weight excluding hydrogens is 637 g/mol. The van der Waals surface area contributed by atoms with Gasteiger partial charge in [0.05, 0.1) is 24.1 Å². The summed E-state index contributed by atoms with van der Waals surface area (Å²) in [6.45, 7) is 26.5. The molecule has 4 atom stereocenters. The summed E-state index contributed by atoms with van der Waals surface area (Å²) >= 11 is 0. The molecule has 1 aromatic rings. The SMILES string of the molecule is C=CC.C=CNCC.CCNC(=O)c1ccc2c(c1)CCC(C)=C(CC(C)CC)C2(CC(NCC=O)C(C)C)/C(N)=N/N.CN1CCCC1C#N. The maximum atomic E-state index is 12.6. The monoisotopic (exact) mass is 707 g/mol. The van der Waals surface area contributed by atoms with E-state index in [9.17, 15) is 9.59 Å². The molecule has 1 aromatic carbocycles. The number of nitrogens with zero attached hydrogens (tertiary/aromatic N) is 3. The third-order valence-corrected chi connectivity index (χ3v) is 9.60. The molecule has 0 spiro atoms. The summed E-state index contributed by atoms with van der Waals surface area (Å²) in [5, 5.41) is 21.7. The number of nitrogens with two attached hydrogens (primary N) is 2. The lowest BCUT2D eigenvalue weighted by Crippen LogP contribution is -2.51. The molecule has 0 bridgehead atoms. The second-order valence-corrected chi connectivity index (χ2v) is 13.7. The number of hydrogen-bond acceptors (Lipinski definition) is 8. The quantitative estimate of drug-likeness (QED) is 0.0374. The van der Waals surface area contributed by atoms with E-state index in [1.165, 1.54) is 17.6 Å². The van der Waals surface area contributed by atoms with Gasteiger partial charge in [-0.1, -0.05) is 64.0 Å². The Morgan fingerprint density at radius 1 is 1.20 bits per heavy atom. The molecule has 0 saturated carbocycles. The van der Waals surface area contributed by atoms with Crippen LogP contribution in [0.25, 0.3) is 0 Å². The highest BCUT2D eigenvalue weighted by atomic mass is 16.1. The Morgan fingerprint density at radius 3 is 2.29 bits per heavy atom. The molecule has 0 aromatic heterocycles. The van der Waals surface area contributed by atoms with Gasteiger partial charge in [0, 0.05) is 24.7 Å². The number of allylic oxidation sites excluding steroid dienone is 2. The maximum absolute atomic E-state index is 12.6. The van der Waals surface area contributed by atoms with Gasteiger partial charge < -0.3 is 32.3 Å². The summed E-state index contributed by atoms with van der Waals surface area (Å²) < 4.78 is 0. The highest BCUT2D eigenvalue weighted by Gasteiger charge is 2.46. The van der Waals surface area contributed by atoms with Crippen LogP contribution in [0.15, 0.2) is 59.9 Å². The van der Waals surface area contributed by atoms with Crippen LogP contribution in [0.3, 0.4) is 0 Å². The summed E-state index contributed by atoms with van der Waals surface area (Å²) in [5.41, 5.74) is 11.4. The number of aldehydes is 1. The number of carbonyl (C=O) groups is 2. The van der Waals surface area contributed by atoms with Crippen LogP contribution in [-0.4, -0.2) is 68.2 Å². The first-order valence-corrected chi connectivity index (χ1v) is 18.7. The zero-order chi connectivity index (χ0) is 39.0. The molecule has 1 fully saturated rings. The molecule has 51 heavy (non-hydrogen) atoms. The van der Waals surface area contributed by atoms with Crippen molar-refractivity contribution in [1.29, 1.82) is 5.26 Å². The van der Waals surface area contributed by atoms with Crippen LogP contribution in [0.2, 0.25) is 0 Å². The second kappa shape index (κ2) is 25.9. The smallest absolute Gasteiger partial charge is 0.251 e. The van der Waals surface area contributed by atoms with Crippen molar-refractivity contribution in [2.45, 2.75) is 118 Å². The third kappa shape index (κ3) is 14.7. The number of nitriles is 1. The molecule has 1 heterocycles. The van der Waals surface area contributed by atoms with Gasteiger partial charge in [-0.05, 0) is 121 Å². The fourth-order valence-electron chi connectivity index (χ4n) is 6.49. The highest BCUT2D eigenvalue weighted by Crippen LogP contribution is 2.47. The Labute approximate surface area is 310 Å². The summed E-state index contributed by atoms with van der Waals surface area (Å²) in [4.78, 5) is 26.0. The minimum Gasteiger partial charge on any atom is -0.392 e. The van der Waals surface area contributed by atoms with E-state index in [-0.39, 0.29) is 30.5 Å². The lowest BCUT2D eigenvalue weighted by molar-refractivity contribution is -0.107. The molecule has 7 N–H and O–H groups in total. The van der Waals surface area contributed by atoms with Gasteiger partial charge in [0.25, 0.3) is 5.91 Å². The van der Waals surface area contributed by atoms with Gasteiger partial charge in [-0.2, -0.15) is 10.4 Å². The minimum absolute atomic E-state index is 0.00856. The topological polar surface area (TPSA) is 162 Å². The van der Waals surface area contributed by atoms with Gasteiger partial charge in [0.2, 0.25) is 0 Å². The Balaban J connectivity index is 0.00000128. The van der Waals surface area contributed by atoms with Crippen molar-refractivity contribution in [2.24, 2.45) is 28.5 Å². The summed E-state index contributed by atoms with van der Waals surface area (Å²) in [5.74, 6) is 6.95. The number of carbonyl (C=O) groups excluding carboxylic acids is 2. The van der Waals surface area contributed by atoms with Crippen LogP contribution in [0.1, 0.15) is 115 Å². The molecule has 286 valence electrons. The predicted molar refractivity (Wildman–Crippen MR) is 215 cm³/mol. The zero-order valence-electron chi connectivity index (χ0n) is 33.3. The molecule has 10 nitrogen and oxygen atoms in total. The average Bonchev–Trinajstić information content (AvgIpc) is 3.50. The summed E-state index contributed by atoms with van der Waals surface area (Å²) in [6.07, 6.45) is 10.8. The Bertz CT molecular complexity index is 1310. The molecule has 1 aliphatic heterocycles. The number of amides is 1. The molecule has 1 saturated heterocycles. The van der Waals surface area contributed by atoms with Crippen molar-refractivity contribution in [1.82, 2.24) is 20.9 Å². The zero-order valence-corrected chi connectivity index (χ0v) is 33.3. The van der Waals surface area contributed by atoms with Crippen LogP contribution in [0.5, 0.6) is 0 Å². The number of hydrazone groups is 1. The van der Waals surface area contributed by atoms with Crippen LogP contribution in [-0.2, 0) is 16.6 Å². The lowest BCUT2D eigenvalue weighted by Gasteiger charge is -2.42. The van der Waals surface area contributed by atoms with Crippen LogP contribution in [0, 0.1) is 23.2 Å². The number of hydrogen-bond donors (Lipinski definition) is 5. The number of amidine groups is 1.